The fraction of sp³-hybridized carbons (Fsp3) is 0.100. The fourth-order valence-electron chi connectivity index (χ4n) is 14.4. The Morgan fingerprint density at radius 3 is 1.07 bits per heavy atom. The lowest BCUT2D eigenvalue weighted by molar-refractivity contribution is 0.660. The van der Waals surface area contributed by atoms with Crippen LogP contribution >= 0.6 is 0 Å². The van der Waals surface area contributed by atoms with Crippen LogP contribution in [0.15, 0.2) is 264 Å². The summed E-state index contributed by atoms with van der Waals surface area (Å²) in [5.41, 5.74) is 29.2. The van der Waals surface area contributed by atoms with Gasteiger partial charge in [-0.2, -0.15) is 0 Å². The van der Waals surface area contributed by atoms with E-state index in [1.807, 2.05) is 12.1 Å². The molecule has 0 atom stereocenters. The van der Waals surface area contributed by atoms with Crippen LogP contribution in [0.5, 0.6) is 0 Å². The Balaban J connectivity index is 0.837. The third-order valence-corrected chi connectivity index (χ3v) is 18.5. The number of fused-ring (bicyclic) bond motifs is 12. The van der Waals surface area contributed by atoms with Gasteiger partial charge < -0.3 is 18.6 Å². The van der Waals surface area contributed by atoms with Crippen molar-refractivity contribution in [3.05, 3.63) is 288 Å². The van der Waals surface area contributed by atoms with E-state index in [1.54, 1.807) is 0 Å². The lowest BCUT2D eigenvalue weighted by atomic mass is 9.82. The molecule has 0 N–H and O–H groups in total. The fourth-order valence-corrected chi connectivity index (χ4v) is 14.4. The number of anilines is 6. The highest BCUT2D eigenvalue weighted by atomic mass is 16.3. The summed E-state index contributed by atoms with van der Waals surface area (Å²) < 4.78 is 13.5. The van der Waals surface area contributed by atoms with Crippen molar-refractivity contribution in [1.29, 1.82) is 0 Å². The second kappa shape index (κ2) is 18.7. The lowest BCUT2D eigenvalue weighted by Crippen LogP contribution is -2.17. The maximum absolute atomic E-state index is 6.74. The first-order valence-corrected chi connectivity index (χ1v) is 29.3. The number of rotatable bonds is 9. The van der Waals surface area contributed by atoms with Gasteiger partial charge in [0.1, 0.15) is 22.3 Å². The topological polar surface area (TPSA) is 32.8 Å². The van der Waals surface area contributed by atoms with Gasteiger partial charge in [-0.25, -0.2) is 0 Å². The van der Waals surface area contributed by atoms with Gasteiger partial charge in [0.15, 0.2) is 0 Å². The Morgan fingerprint density at radius 1 is 0.274 bits per heavy atom. The number of furan rings is 2. The third kappa shape index (κ3) is 7.46. The van der Waals surface area contributed by atoms with E-state index < -0.39 is 0 Å². The van der Waals surface area contributed by atoms with Crippen LogP contribution in [-0.2, 0) is 10.8 Å². The van der Waals surface area contributed by atoms with Crippen molar-refractivity contribution in [2.45, 2.75) is 52.4 Å². The van der Waals surface area contributed by atoms with Crippen LogP contribution in [0.1, 0.15) is 61.1 Å². The molecule has 0 saturated heterocycles. The maximum atomic E-state index is 6.74. The van der Waals surface area contributed by atoms with Crippen LogP contribution in [0.3, 0.4) is 0 Å². The second-order valence-electron chi connectivity index (χ2n) is 24.1. The van der Waals surface area contributed by atoms with Crippen LogP contribution < -0.4 is 9.80 Å². The van der Waals surface area contributed by atoms with Gasteiger partial charge in [-0.15, -0.1) is 0 Å². The number of benzene rings is 12. The molecule has 402 valence electrons. The molecule has 0 spiro atoms. The molecule has 14 aromatic rings. The molecule has 0 fully saturated rings. The number of hydrogen-bond donors (Lipinski definition) is 0. The molecule has 16 rings (SSSR count). The smallest absolute Gasteiger partial charge is 0.143 e. The highest BCUT2D eigenvalue weighted by Gasteiger charge is 2.38. The molecule has 2 aliphatic rings. The van der Waals surface area contributed by atoms with Crippen molar-refractivity contribution >= 4 is 78.0 Å². The number of hydrogen-bond acceptors (Lipinski definition) is 4. The number of aryl methyl sites for hydroxylation is 2. The average molecular weight is 1080 g/mol. The summed E-state index contributed by atoms with van der Waals surface area (Å²) in [7, 11) is 0. The monoisotopic (exact) mass is 1080 g/mol. The quantitative estimate of drug-likeness (QED) is 0.144. The first-order valence-electron chi connectivity index (χ1n) is 29.3. The molecular formula is C80H60N2O2. The summed E-state index contributed by atoms with van der Waals surface area (Å²) in [5.74, 6) is 0. The van der Waals surface area contributed by atoms with Crippen LogP contribution in [0, 0.1) is 13.8 Å². The Kier molecular flexibility index (Phi) is 11.0. The van der Waals surface area contributed by atoms with Gasteiger partial charge in [-0.3, -0.25) is 0 Å². The molecular weight excluding hydrogens is 1020 g/mol. The molecule has 0 aliphatic heterocycles. The zero-order valence-corrected chi connectivity index (χ0v) is 48.0. The number of nitrogens with zero attached hydrogens (tertiary/aromatic N) is 2. The summed E-state index contributed by atoms with van der Waals surface area (Å²) >= 11 is 0. The first kappa shape index (κ1) is 49.6. The third-order valence-electron chi connectivity index (χ3n) is 18.5. The maximum Gasteiger partial charge on any atom is 0.143 e. The van der Waals surface area contributed by atoms with Gasteiger partial charge in [0.2, 0.25) is 0 Å². The molecule has 2 aromatic heterocycles. The molecule has 4 heteroatoms. The van der Waals surface area contributed by atoms with Crippen LogP contribution in [0.25, 0.3) is 99.5 Å². The van der Waals surface area contributed by atoms with Crippen LogP contribution in [0.4, 0.5) is 34.1 Å². The zero-order chi connectivity index (χ0) is 56.6. The predicted molar refractivity (Wildman–Crippen MR) is 351 cm³/mol. The molecule has 4 nitrogen and oxygen atoms in total. The van der Waals surface area contributed by atoms with E-state index >= 15 is 0 Å². The molecule has 2 aliphatic carbocycles. The van der Waals surface area contributed by atoms with E-state index in [-0.39, 0.29) is 10.8 Å². The van der Waals surface area contributed by atoms with E-state index in [0.717, 1.165) is 123 Å². The van der Waals surface area contributed by atoms with Crippen LogP contribution in [-0.4, -0.2) is 0 Å². The van der Waals surface area contributed by atoms with E-state index in [1.165, 1.54) is 44.5 Å². The summed E-state index contributed by atoms with van der Waals surface area (Å²) in [4.78, 5) is 4.95. The van der Waals surface area contributed by atoms with Crippen molar-refractivity contribution in [1.82, 2.24) is 0 Å². The van der Waals surface area contributed by atoms with Crippen molar-refractivity contribution in [2.24, 2.45) is 0 Å². The molecule has 0 saturated carbocycles. The summed E-state index contributed by atoms with van der Waals surface area (Å²) in [6.07, 6.45) is 0. The minimum Gasteiger partial charge on any atom is -0.455 e. The first-order chi connectivity index (χ1) is 41.0. The molecule has 84 heavy (non-hydrogen) atoms. The Labute approximate surface area is 490 Å². The summed E-state index contributed by atoms with van der Waals surface area (Å²) in [5, 5.41) is 4.45. The number of para-hydroxylation sites is 6. The molecule has 0 radical (unpaired) electrons. The van der Waals surface area contributed by atoms with E-state index in [4.69, 9.17) is 8.83 Å². The minimum absolute atomic E-state index is 0.181. The average Bonchev–Trinajstić information content (AvgIpc) is 3.89. The van der Waals surface area contributed by atoms with Crippen molar-refractivity contribution in [3.63, 3.8) is 0 Å². The zero-order valence-electron chi connectivity index (χ0n) is 48.0. The van der Waals surface area contributed by atoms with Crippen molar-refractivity contribution < 1.29 is 8.83 Å². The molecule has 0 bridgehead atoms. The second-order valence-corrected chi connectivity index (χ2v) is 24.1. The highest BCUT2D eigenvalue weighted by Crippen LogP contribution is 2.55. The van der Waals surface area contributed by atoms with E-state index in [9.17, 15) is 0 Å². The minimum atomic E-state index is -0.181. The predicted octanol–water partition coefficient (Wildman–Crippen LogP) is 22.7. The van der Waals surface area contributed by atoms with E-state index in [0.29, 0.717) is 0 Å². The molecule has 2 heterocycles. The normalized spacial score (nSPS) is 13.5. The van der Waals surface area contributed by atoms with Crippen LogP contribution in [0.2, 0.25) is 0 Å². The molecule has 0 unspecified atom stereocenters. The largest absolute Gasteiger partial charge is 0.455 e. The Morgan fingerprint density at radius 2 is 0.631 bits per heavy atom. The van der Waals surface area contributed by atoms with Gasteiger partial charge in [0.05, 0.1) is 11.4 Å². The molecule has 0 amide bonds. The Hall–Kier alpha value is -10.2. The highest BCUT2D eigenvalue weighted by molar-refractivity contribution is 6.12. The SMILES string of the molecule is Cc1cc(-c2ccc(N(c3ccc4c(c3)C(C)(C)c3ccccc3-4)c3ccccc3-c3cccc4c3oc3ccccc34)c(C)c2)ccc1N(c1ccc2c(c1)C(C)(C)c1ccccc1-2)c1ccccc1-c1cccc2c1oc1ccccc12. The van der Waals surface area contributed by atoms with Gasteiger partial charge in [-0.1, -0.05) is 210 Å². The lowest BCUT2D eigenvalue weighted by Gasteiger charge is -2.31. The van der Waals surface area contributed by atoms with Crippen molar-refractivity contribution in [3.8, 4) is 55.6 Å². The van der Waals surface area contributed by atoms with Gasteiger partial charge in [-0.05, 0) is 153 Å². The van der Waals surface area contributed by atoms with Crippen molar-refractivity contribution in [2.75, 3.05) is 9.80 Å². The molecule has 12 aromatic carbocycles. The Bertz CT molecular complexity index is 4710. The van der Waals surface area contributed by atoms with Gasteiger partial charge in [0, 0.05) is 77.4 Å². The van der Waals surface area contributed by atoms with Gasteiger partial charge in [0.25, 0.3) is 0 Å². The standard InChI is InChI=1S/C80H60N2O2/c1-49-45-51(37-43-71(49)81(53-39-41-57-55-21-7-13-31-67(55)79(3,4)69(57)47-53)73-33-15-9-23-59(73)63-27-19-29-65-61-25-11-17-35-75(61)83-77(63)65)52-38-44-72(50(2)46-52)82(54-40-42-58-56-22-8-14-32-68(56)80(5,6)70(58)48-54)74-34-16-10-24-60(74)64-28-20-30-66-62-26-12-18-36-76(62)84-78(64)66/h7-48H,1-6H3. The summed E-state index contributed by atoms with van der Waals surface area (Å²) in [6, 6.07) is 93.4. The summed E-state index contributed by atoms with van der Waals surface area (Å²) in [6.45, 7) is 14.0. The van der Waals surface area contributed by atoms with E-state index in [2.05, 4.69) is 294 Å². The van der Waals surface area contributed by atoms with Gasteiger partial charge >= 0.3 is 0 Å².